The summed E-state index contributed by atoms with van der Waals surface area (Å²) in [5, 5.41) is 3.39. The van der Waals surface area contributed by atoms with E-state index in [9.17, 15) is 4.79 Å². The Morgan fingerprint density at radius 2 is 2.42 bits per heavy atom. The number of carbonyl (C=O) groups is 1. The van der Waals surface area contributed by atoms with Gasteiger partial charge in [0.2, 0.25) is 0 Å². The van der Waals surface area contributed by atoms with E-state index >= 15 is 0 Å². The van der Waals surface area contributed by atoms with E-state index in [1.807, 2.05) is 12.1 Å². The first-order chi connectivity index (χ1) is 12.6. The van der Waals surface area contributed by atoms with Crippen LogP contribution in [0.15, 0.2) is 12.1 Å². The number of hydrogen-bond donors (Lipinski definition) is 1. The van der Waals surface area contributed by atoms with Crippen molar-refractivity contribution in [3.8, 4) is 18.1 Å². The monoisotopic (exact) mass is 381 g/mol. The van der Waals surface area contributed by atoms with Crippen LogP contribution in [0, 0.1) is 12.3 Å². The lowest BCUT2D eigenvalue weighted by molar-refractivity contribution is 0.197. The molecule has 8 heteroatoms. The summed E-state index contributed by atoms with van der Waals surface area (Å²) >= 11 is 1.55. The molecule has 3 aliphatic rings. The summed E-state index contributed by atoms with van der Waals surface area (Å²) in [4.78, 5) is 21.6. The van der Waals surface area contributed by atoms with Gasteiger partial charge in [0.25, 0.3) is 0 Å². The van der Waals surface area contributed by atoms with E-state index in [0.29, 0.717) is 19.7 Å². The van der Waals surface area contributed by atoms with E-state index in [0.717, 1.165) is 46.0 Å². The van der Waals surface area contributed by atoms with Crippen molar-refractivity contribution in [2.75, 3.05) is 31.1 Å². The van der Waals surface area contributed by atoms with Crippen LogP contribution in [-0.4, -0.2) is 63.6 Å². The van der Waals surface area contributed by atoms with E-state index < -0.39 is 5.16 Å². The highest BCUT2D eigenvalue weighted by Gasteiger charge is 2.52. The summed E-state index contributed by atoms with van der Waals surface area (Å²) in [7, 11) is 3.84. The molecule has 2 amide bonds. The molecule has 2 atom stereocenters. The Bertz CT molecular complexity index is 955. The maximum Gasteiger partial charge on any atom is 0.324 e. The Labute approximate surface area is 158 Å². The molecular weight excluding hydrogens is 364 g/mol. The molecule has 6 nitrogen and oxygen atoms in total. The number of likely N-dealkylation sites (tertiary alicyclic amines) is 1. The molecule has 5 rings (SSSR count). The lowest BCUT2D eigenvalue weighted by Crippen LogP contribution is -2.61. The minimum absolute atomic E-state index is 0.0568. The molecule has 2 saturated heterocycles. The van der Waals surface area contributed by atoms with Gasteiger partial charge in [0.1, 0.15) is 5.75 Å². The molecule has 1 aromatic carbocycles. The summed E-state index contributed by atoms with van der Waals surface area (Å²) in [6.45, 7) is 2.84. The highest BCUT2D eigenvalue weighted by Crippen LogP contribution is 2.41. The van der Waals surface area contributed by atoms with Gasteiger partial charge in [-0.1, -0.05) is 17.3 Å². The topological polar surface area (TPSA) is 57.7 Å². The molecule has 2 fully saturated rings. The lowest BCUT2D eigenvalue weighted by Gasteiger charge is -2.41. The van der Waals surface area contributed by atoms with Crippen molar-refractivity contribution in [2.24, 2.45) is 0 Å². The molecule has 0 bridgehead atoms. The zero-order valence-electron chi connectivity index (χ0n) is 14.1. The van der Waals surface area contributed by atoms with E-state index in [-0.39, 0.29) is 12.1 Å². The third-order valence-corrected chi connectivity index (χ3v) is 7.15. The standard InChI is InChI=1S/C18H17N4O2SSi/c1-2-7-21-8-6-18(26)14(10-21)22(16(23)20-18)17-19-15-11-5-9-24-12(11)3-4-13(15)25-17/h1,3-4,14H,5-10H2,(H,20,23)/t14-,18-/m1/s1. The molecular formula is C18H17N4O2SSi. The first-order valence-corrected chi connectivity index (χ1v) is 9.98. The SMILES string of the molecule is C#CCN1CC[C@]2([Si])NC(=O)N(c3nc4c5c(ccc4s3)OCC5)[C@@H]2C1. The molecule has 0 aliphatic carbocycles. The number of hydrogen-bond acceptors (Lipinski definition) is 5. The minimum Gasteiger partial charge on any atom is -0.493 e. The second-order valence-corrected chi connectivity index (χ2v) is 8.86. The Morgan fingerprint density at radius 3 is 3.27 bits per heavy atom. The molecule has 4 heterocycles. The number of benzene rings is 1. The van der Waals surface area contributed by atoms with Crippen molar-refractivity contribution >= 4 is 43.0 Å². The van der Waals surface area contributed by atoms with Crippen LogP contribution >= 0.6 is 11.3 Å². The van der Waals surface area contributed by atoms with Gasteiger partial charge in [-0.3, -0.25) is 9.80 Å². The number of carbonyl (C=O) groups excluding carboxylic acids is 1. The summed E-state index contributed by atoms with van der Waals surface area (Å²) in [6.07, 6.45) is 7.15. The van der Waals surface area contributed by atoms with Crippen LogP contribution in [-0.2, 0) is 6.42 Å². The fourth-order valence-corrected chi connectivity index (χ4v) is 5.57. The molecule has 1 aromatic heterocycles. The minimum atomic E-state index is -0.439. The second-order valence-electron chi connectivity index (χ2n) is 6.96. The number of nitrogens with one attached hydrogen (secondary N) is 1. The predicted octanol–water partition coefficient (Wildman–Crippen LogP) is 1.33. The number of terminal acetylenes is 1. The number of fused-ring (bicyclic) bond motifs is 4. The van der Waals surface area contributed by atoms with Crippen LogP contribution in [0.1, 0.15) is 12.0 Å². The number of thiazole rings is 1. The van der Waals surface area contributed by atoms with Crippen molar-refractivity contribution in [3.63, 3.8) is 0 Å². The fraction of sp³-hybridized carbons (Fsp3) is 0.444. The molecule has 0 spiro atoms. The number of rotatable bonds is 2. The first-order valence-electron chi connectivity index (χ1n) is 8.66. The zero-order chi connectivity index (χ0) is 17.9. The van der Waals surface area contributed by atoms with Gasteiger partial charge in [-0.25, -0.2) is 9.78 Å². The zero-order valence-corrected chi connectivity index (χ0v) is 15.9. The largest absolute Gasteiger partial charge is 0.493 e. The summed E-state index contributed by atoms with van der Waals surface area (Å²) in [6, 6.07) is 3.86. The third-order valence-electron chi connectivity index (χ3n) is 5.42. The number of aromatic nitrogens is 1. The van der Waals surface area contributed by atoms with Gasteiger partial charge >= 0.3 is 6.03 Å². The van der Waals surface area contributed by atoms with Gasteiger partial charge in [-0.05, 0) is 18.6 Å². The normalized spacial score (nSPS) is 27.8. The average molecular weight is 382 g/mol. The Kier molecular flexibility index (Phi) is 3.54. The summed E-state index contributed by atoms with van der Waals surface area (Å²) in [5.41, 5.74) is 2.10. The van der Waals surface area contributed by atoms with Crippen LogP contribution < -0.4 is 15.0 Å². The van der Waals surface area contributed by atoms with Crippen LogP contribution in [0.2, 0.25) is 0 Å². The van der Waals surface area contributed by atoms with Gasteiger partial charge in [-0.2, -0.15) is 0 Å². The maximum absolute atomic E-state index is 12.8. The molecule has 26 heavy (non-hydrogen) atoms. The first kappa shape index (κ1) is 16.1. The Hall–Kier alpha value is -2.08. The second kappa shape index (κ2) is 5.71. The lowest BCUT2D eigenvalue weighted by atomic mass is 9.99. The Morgan fingerprint density at radius 1 is 1.54 bits per heavy atom. The molecule has 2 aromatic rings. The average Bonchev–Trinajstić information content (AvgIpc) is 3.28. The summed E-state index contributed by atoms with van der Waals surface area (Å²) < 4.78 is 6.73. The van der Waals surface area contributed by atoms with Gasteiger partial charge in [0.15, 0.2) is 5.13 Å². The van der Waals surface area contributed by atoms with Crippen LogP contribution in [0.3, 0.4) is 0 Å². The van der Waals surface area contributed by atoms with Crippen molar-refractivity contribution in [1.29, 1.82) is 0 Å². The van der Waals surface area contributed by atoms with E-state index in [1.165, 1.54) is 0 Å². The predicted molar refractivity (Wildman–Crippen MR) is 102 cm³/mol. The third kappa shape index (κ3) is 2.28. The van der Waals surface area contributed by atoms with E-state index in [4.69, 9.17) is 16.1 Å². The van der Waals surface area contributed by atoms with Crippen molar-refractivity contribution in [1.82, 2.24) is 15.2 Å². The number of ether oxygens (including phenoxy) is 1. The van der Waals surface area contributed by atoms with Gasteiger partial charge < -0.3 is 10.1 Å². The fourth-order valence-electron chi connectivity index (χ4n) is 4.09. The number of nitrogens with zero attached hydrogens (tertiary/aromatic N) is 3. The van der Waals surface area contributed by atoms with Gasteiger partial charge in [-0.15, -0.1) is 6.42 Å². The highest BCUT2D eigenvalue weighted by atomic mass is 32.1. The molecule has 131 valence electrons. The van der Waals surface area contributed by atoms with Crippen LogP contribution in [0.25, 0.3) is 10.2 Å². The molecule has 0 unspecified atom stereocenters. The highest BCUT2D eigenvalue weighted by molar-refractivity contribution is 7.22. The van der Waals surface area contributed by atoms with Crippen LogP contribution in [0.5, 0.6) is 5.75 Å². The summed E-state index contributed by atoms with van der Waals surface area (Å²) in [5.74, 6) is 3.61. The smallest absolute Gasteiger partial charge is 0.324 e. The number of piperidine rings is 1. The van der Waals surface area contributed by atoms with Crippen LogP contribution in [0.4, 0.5) is 9.93 Å². The van der Waals surface area contributed by atoms with E-state index in [2.05, 4.69) is 26.4 Å². The Balaban J connectivity index is 1.55. The quantitative estimate of drug-likeness (QED) is 0.630. The number of amides is 2. The van der Waals surface area contributed by atoms with E-state index in [1.54, 1.807) is 16.2 Å². The van der Waals surface area contributed by atoms with Crippen molar-refractivity contribution in [3.05, 3.63) is 17.7 Å². The van der Waals surface area contributed by atoms with Gasteiger partial charge in [0.05, 0.1) is 39.7 Å². The molecule has 3 radical (unpaired) electrons. The number of urea groups is 1. The van der Waals surface area contributed by atoms with Crippen molar-refractivity contribution in [2.45, 2.75) is 24.0 Å². The number of anilines is 1. The maximum atomic E-state index is 12.8. The molecule has 3 aliphatic heterocycles. The molecule has 1 N–H and O–H groups in total. The molecule has 0 saturated carbocycles. The van der Waals surface area contributed by atoms with Gasteiger partial charge in [0, 0.05) is 30.2 Å². The van der Waals surface area contributed by atoms with Crippen molar-refractivity contribution < 1.29 is 9.53 Å².